The number of nitriles is 1. The van der Waals surface area contributed by atoms with Crippen LogP contribution in [0.15, 0.2) is 18.2 Å². The van der Waals surface area contributed by atoms with Gasteiger partial charge in [-0.1, -0.05) is 18.2 Å². The summed E-state index contributed by atoms with van der Waals surface area (Å²) in [4.78, 5) is 13.2. The van der Waals surface area contributed by atoms with Crippen LogP contribution in [0.5, 0.6) is 0 Å². The molecule has 0 radical (unpaired) electrons. The van der Waals surface area contributed by atoms with Crippen LogP contribution in [0.4, 0.5) is 5.69 Å². The highest BCUT2D eigenvalue weighted by Crippen LogP contribution is 2.30. The van der Waals surface area contributed by atoms with E-state index in [4.69, 9.17) is 5.26 Å². The molecule has 1 aliphatic heterocycles. The maximum absolute atomic E-state index is 11.6. The zero-order chi connectivity index (χ0) is 10.8. The smallest absolute Gasteiger partial charge is 0.227 e. The molecule has 0 fully saturated rings. The maximum atomic E-state index is 11.6. The first-order valence-electron chi connectivity index (χ1n) is 4.98. The van der Waals surface area contributed by atoms with Gasteiger partial charge in [-0.05, 0) is 17.5 Å². The van der Waals surface area contributed by atoms with Crippen molar-refractivity contribution in [2.75, 3.05) is 11.9 Å². The van der Waals surface area contributed by atoms with E-state index in [1.54, 1.807) is 11.9 Å². The van der Waals surface area contributed by atoms with Crippen molar-refractivity contribution in [3.8, 4) is 6.07 Å². The molecule has 15 heavy (non-hydrogen) atoms. The first kappa shape index (κ1) is 9.72. The minimum Gasteiger partial charge on any atom is -0.315 e. The van der Waals surface area contributed by atoms with Crippen LogP contribution < -0.4 is 4.90 Å². The predicted octanol–water partition coefficient (Wildman–Crippen LogP) is 1.66. The topological polar surface area (TPSA) is 44.1 Å². The number of hydrogen-bond donors (Lipinski definition) is 0. The number of anilines is 1. The van der Waals surface area contributed by atoms with Crippen LogP contribution in [0, 0.1) is 11.3 Å². The summed E-state index contributed by atoms with van der Waals surface area (Å²) < 4.78 is 0. The quantitative estimate of drug-likeness (QED) is 0.692. The predicted molar refractivity (Wildman–Crippen MR) is 57.5 cm³/mol. The summed E-state index contributed by atoms with van der Waals surface area (Å²) in [6.45, 7) is 0. The van der Waals surface area contributed by atoms with Gasteiger partial charge in [0.25, 0.3) is 0 Å². The Balaban J connectivity index is 2.53. The van der Waals surface area contributed by atoms with E-state index < -0.39 is 0 Å². The highest BCUT2D eigenvalue weighted by Gasteiger charge is 2.22. The zero-order valence-corrected chi connectivity index (χ0v) is 8.66. The summed E-state index contributed by atoms with van der Waals surface area (Å²) in [5, 5.41) is 8.72. The maximum Gasteiger partial charge on any atom is 0.227 e. The lowest BCUT2D eigenvalue weighted by Gasteiger charge is -2.27. The molecule has 0 saturated carbocycles. The highest BCUT2D eigenvalue weighted by molar-refractivity contribution is 5.96. The Hall–Kier alpha value is -1.82. The number of carbonyl (C=O) groups is 1. The monoisotopic (exact) mass is 200 g/mol. The molecule has 76 valence electrons. The molecule has 1 aromatic carbocycles. The third-order valence-electron chi connectivity index (χ3n) is 2.79. The van der Waals surface area contributed by atoms with Crippen molar-refractivity contribution in [2.45, 2.75) is 19.3 Å². The van der Waals surface area contributed by atoms with Crippen molar-refractivity contribution >= 4 is 11.6 Å². The van der Waals surface area contributed by atoms with E-state index in [9.17, 15) is 4.79 Å². The Morgan fingerprint density at radius 2 is 2.27 bits per heavy atom. The summed E-state index contributed by atoms with van der Waals surface area (Å²) in [7, 11) is 1.78. The van der Waals surface area contributed by atoms with E-state index in [2.05, 4.69) is 6.07 Å². The van der Waals surface area contributed by atoms with Crippen LogP contribution in [0.3, 0.4) is 0 Å². The number of fused-ring (bicyclic) bond motifs is 1. The number of aryl methyl sites for hydroxylation is 1. The van der Waals surface area contributed by atoms with Crippen molar-refractivity contribution < 1.29 is 4.79 Å². The van der Waals surface area contributed by atoms with Gasteiger partial charge < -0.3 is 4.90 Å². The molecule has 2 rings (SSSR count). The second-order valence-corrected chi connectivity index (χ2v) is 3.71. The molecule has 0 N–H and O–H groups in total. The number of rotatable bonds is 1. The van der Waals surface area contributed by atoms with Crippen LogP contribution in [-0.4, -0.2) is 13.0 Å². The first-order chi connectivity index (χ1) is 7.24. The van der Waals surface area contributed by atoms with Gasteiger partial charge in [0.05, 0.1) is 18.2 Å². The van der Waals surface area contributed by atoms with E-state index in [1.165, 1.54) is 5.56 Å². The van der Waals surface area contributed by atoms with Gasteiger partial charge in [-0.25, -0.2) is 0 Å². The van der Waals surface area contributed by atoms with Crippen molar-refractivity contribution in [2.24, 2.45) is 0 Å². The van der Waals surface area contributed by atoms with E-state index >= 15 is 0 Å². The lowest BCUT2D eigenvalue weighted by Crippen LogP contribution is -2.32. The Morgan fingerprint density at radius 1 is 1.47 bits per heavy atom. The summed E-state index contributed by atoms with van der Waals surface area (Å²) in [6, 6.07) is 8.03. The molecule has 1 aromatic rings. The average Bonchev–Trinajstić information content (AvgIpc) is 2.24. The van der Waals surface area contributed by atoms with E-state index in [0.717, 1.165) is 17.7 Å². The van der Waals surface area contributed by atoms with E-state index in [1.807, 2.05) is 18.2 Å². The van der Waals surface area contributed by atoms with Gasteiger partial charge in [0.2, 0.25) is 5.91 Å². The first-order valence-corrected chi connectivity index (χ1v) is 4.98. The number of benzene rings is 1. The molecule has 0 aromatic heterocycles. The Morgan fingerprint density at radius 3 is 3.00 bits per heavy atom. The fourth-order valence-electron chi connectivity index (χ4n) is 2.04. The molecular formula is C12H12N2O. The minimum absolute atomic E-state index is 0.132. The fraction of sp³-hybridized carbons (Fsp3) is 0.333. The van der Waals surface area contributed by atoms with Gasteiger partial charge in [0.1, 0.15) is 0 Å². The normalized spacial score (nSPS) is 14.7. The zero-order valence-electron chi connectivity index (χ0n) is 8.66. The van der Waals surface area contributed by atoms with Crippen LogP contribution in [0.1, 0.15) is 17.5 Å². The van der Waals surface area contributed by atoms with Gasteiger partial charge in [-0.3, -0.25) is 4.79 Å². The summed E-state index contributed by atoms with van der Waals surface area (Å²) in [5.41, 5.74) is 3.06. The average molecular weight is 200 g/mol. The molecule has 0 atom stereocenters. The number of carbonyl (C=O) groups excluding carboxylic acids is 1. The molecular weight excluding hydrogens is 188 g/mol. The third kappa shape index (κ3) is 1.59. The second-order valence-electron chi connectivity index (χ2n) is 3.71. The Labute approximate surface area is 88.9 Å². The van der Waals surface area contributed by atoms with Crippen molar-refractivity contribution in [1.82, 2.24) is 0 Å². The van der Waals surface area contributed by atoms with Crippen LogP contribution in [0.2, 0.25) is 0 Å². The summed E-state index contributed by atoms with van der Waals surface area (Å²) in [5.74, 6) is 0.132. The molecule has 0 bridgehead atoms. The van der Waals surface area contributed by atoms with Gasteiger partial charge in [0.15, 0.2) is 0 Å². The number of hydrogen-bond acceptors (Lipinski definition) is 2. The summed E-state index contributed by atoms with van der Waals surface area (Å²) in [6.07, 6.45) is 1.72. The molecule has 3 heteroatoms. The van der Waals surface area contributed by atoms with E-state index in [0.29, 0.717) is 12.8 Å². The SMILES string of the molecule is CN1C(=O)CCc2cccc(CC#N)c21. The number of para-hydroxylation sites is 1. The highest BCUT2D eigenvalue weighted by atomic mass is 16.2. The Kier molecular flexibility index (Phi) is 2.42. The fourth-order valence-corrected chi connectivity index (χ4v) is 2.04. The molecule has 0 aliphatic carbocycles. The second kappa shape index (κ2) is 3.74. The molecule has 1 amide bonds. The summed E-state index contributed by atoms with van der Waals surface area (Å²) >= 11 is 0. The largest absolute Gasteiger partial charge is 0.315 e. The van der Waals surface area contributed by atoms with Gasteiger partial charge >= 0.3 is 0 Å². The van der Waals surface area contributed by atoms with Gasteiger partial charge in [-0.2, -0.15) is 5.26 Å². The molecule has 3 nitrogen and oxygen atoms in total. The standard InChI is InChI=1S/C12H12N2O/c1-14-11(15)6-5-9-3-2-4-10(7-8-13)12(9)14/h2-4H,5-7H2,1H3. The molecule has 0 unspecified atom stereocenters. The molecule has 0 spiro atoms. The van der Waals surface area contributed by atoms with Crippen molar-refractivity contribution in [3.05, 3.63) is 29.3 Å². The van der Waals surface area contributed by atoms with Gasteiger partial charge in [0, 0.05) is 13.5 Å². The minimum atomic E-state index is 0.132. The lowest BCUT2D eigenvalue weighted by molar-refractivity contribution is -0.118. The third-order valence-corrected chi connectivity index (χ3v) is 2.79. The van der Waals surface area contributed by atoms with Crippen LogP contribution >= 0.6 is 0 Å². The molecule has 1 aliphatic rings. The lowest BCUT2D eigenvalue weighted by atomic mass is 9.96. The van der Waals surface area contributed by atoms with Crippen LogP contribution in [-0.2, 0) is 17.6 Å². The number of nitrogens with zero attached hydrogens (tertiary/aromatic N) is 2. The van der Waals surface area contributed by atoms with E-state index in [-0.39, 0.29) is 5.91 Å². The molecule has 0 saturated heterocycles. The van der Waals surface area contributed by atoms with Crippen LogP contribution in [0.25, 0.3) is 0 Å². The Bertz CT molecular complexity index is 445. The molecule has 1 heterocycles. The van der Waals surface area contributed by atoms with Crippen molar-refractivity contribution in [1.29, 1.82) is 5.26 Å². The van der Waals surface area contributed by atoms with Crippen molar-refractivity contribution in [3.63, 3.8) is 0 Å². The number of amides is 1. The van der Waals surface area contributed by atoms with Gasteiger partial charge in [-0.15, -0.1) is 0 Å².